The molecule has 0 unspecified atom stereocenters. The smallest absolute Gasteiger partial charge is 0.230 e. The molecule has 2 bridgehead atoms. The van der Waals surface area contributed by atoms with Gasteiger partial charge < -0.3 is 10.1 Å². The largest absolute Gasteiger partial charge is 0.374 e. The Kier molecular flexibility index (Phi) is 3.18. The molecule has 0 saturated carbocycles. The second kappa shape index (κ2) is 5.21. The number of para-hydroxylation sites is 1. The molecule has 4 rings (SSSR count). The average Bonchev–Trinajstić information content (AvgIpc) is 3.23. The minimum absolute atomic E-state index is 0.0414. The highest BCUT2D eigenvalue weighted by molar-refractivity contribution is 5.93. The van der Waals surface area contributed by atoms with Gasteiger partial charge in [-0.15, -0.1) is 0 Å². The van der Waals surface area contributed by atoms with Crippen LogP contribution in [0.25, 0.3) is 5.69 Å². The van der Waals surface area contributed by atoms with Gasteiger partial charge in [-0.3, -0.25) is 4.79 Å². The normalized spacial score (nSPS) is 26.3. The van der Waals surface area contributed by atoms with Crippen molar-refractivity contribution >= 4 is 11.6 Å². The van der Waals surface area contributed by atoms with Gasteiger partial charge in [0.15, 0.2) is 0 Å². The van der Waals surface area contributed by atoms with Gasteiger partial charge in [-0.1, -0.05) is 12.1 Å². The maximum Gasteiger partial charge on any atom is 0.230 e. The monoisotopic (exact) mass is 301 g/mol. The molecular formula is C16H16FN3O2. The number of ether oxygens (including phenoxy) is 1. The SMILES string of the molecule is O=C(Nc1cnn(-c2ccccc2F)c1)[C@H]1C[C@H]2CC[C@H]1O2. The molecule has 2 saturated heterocycles. The average molecular weight is 301 g/mol. The van der Waals surface area contributed by atoms with Crippen LogP contribution in [0.1, 0.15) is 19.3 Å². The maximum atomic E-state index is 13.7. The Labute approximate surface area is 127 Å². The number of nitrogens with zero attached hydrogens (tertiary/aromatic N) is 2. The first kappa shape index (κ1) is 13.5. The van der Waals surface area contributed by atoms with Crippen LogP contribution in [0.5, 0.6) is 0 Å². The van der Waals surface area contributed by atoms with Gasteiger partial charge in [0.25, 0.3) is 0 Å². The molecule has 2 aliphatic heterocycles. The van der Waals surface area contributed by atoms with E-state index in [2.05, 4.69) is 10.4 Å². The molecule has 1 N–H and O–H groups in total. The van der Waals surface area contributed by atoms with Crippen LogP contribution in [0.2, 0.25) is 0 Å². The highest BCUT2D eigenvalue weighted by Crippen LogP contribution is 2.39. The molecule has 3 atom stereocenters. The number of carbonyl (C=O) groups is 1. The quantitative estimate of drug-likeness (QED) is 0.947. The summed E-state index contributed by atoms with van der Waals surface area (Å²) in [6.07, 6.45) is 6.23. The van der Waals surface area contributed by atoms with Crippen LogP contribution >= 0.6 is 0 Å². The molecule has 22 heavy (non-hydrogen) atoms. The number of amides is 1. The maximum absolute atomic E-state index is 13.7. The summed E-state index contributed by atoms with van der Waals surface area (Å²) in [4.78, 5) is 12.3. The Hall–Kier alpha value is -2.21. The predicted octanol–water partition coefficient (Wildman–Crippen LogP) is 2.52. The lowest BCUT2D eigenvalue weighted by atomic mass is 9.88. The highest BCUT2D eigenvalue weighted by atomic mass is 19.1. The van der Waals surface area contributed by atoms with Crippen molar-refractivity contribution in [1.29, 1.82) is 0 Å². The van der Waals surface area contributed by atoms with Crippen LogP contribution in [0.15, 0.2) is 36.7 Å². The van der Waals surface area contributed by atoms with Crippen LogP contribution in [0.3, 0.4) is 0 Å². The summed E-state index contributed by atoms with van der Waals surface area (Å²) in [6.45, 7) is 0. The molecule has 1 aromatic heterocycles. The second-order valence-electron chi connectivity index (χ2n) is 5.83. The predicted molar refractivity (Wildman–Crippen MR) is 78.2 cm³/mol. The molecule has 3 heterocycles. The zero-order chi connectivity index (χ0) is 15.1. The van der Waals surface area contributed by atoms with Crippen molar-refractivity contribution in [2.45, 2.75) is 31.5 Å². The summed E-state index contributed by atoms with van der Waals surface area (Å²) in [6, 6.07) is 6.38. The molecule has 0 spiro atoms. The van der Waals surface area contributed by atoms with E-state index in [4.69, 9.17) is 4.74 Å². The van der Waals surface area contributed by atoms with Gasteiger partial charge in [0.05, 0.1) is 36.2 Å². The van der Waals surface area contributed by atoms with Crippen molar-refractivity contribution in [3.05, 3.63) is 42.5 Å². The van der Waals surface area contributed by atoms with Crippen molar-refractivity contribution in [3.63, 3.8) is 0 Å². The number of benzene rings is 1. The van der Waals surface area contributed by atoms with Gasteiger partial charge in [-0.2, -0.15) is 5.10 Å². The van der Waals surface area contributed by atoms with Crippen LogP contribution in [-0.2, 0) is 9.53 Å². The first-order chi connectivity index (χ1) is 10.7. The van der Waals surface area contributed by atoms with E-state index >= 15 is 0 Å². The van der Waals surface area contributed by atoms with Crippen molar-refractivity contribution in [1.82, 2.24) is 9.78 Å². The number of nitrogens with one attached hydrogen (secondary N) is 1. The summed E-state index contributed by atoms with van der Waals surface area (Å²) in [5, 5.41) is 6.96. The number of hydrogen-bond acceptors (Lipinski definition) is 3. The van der Waals surface area contributed by atoms with Gasteiger partial charge >= 0.3 is 0 Å². The van der Waals surface area contributed by atoms with E-state index in [0.29, 0.717) is 11.4 Å². The van der Waals surface area contributed by atoms with Gasteiger partial charge in [0, 0.05) is 0 Å². The topological polar surface area (TPSA) is 56.2 Å². The van der Waals surface area contributed by atoms with E-state index in [1.807, 2.05) is 0 Å². The van der Waals surface area contributed by atoms with Crippen LogP contribution < -0.4 is 5.32 Å². The molecule has 0 radical (unpaired) electrons. The van der Waals surface area contributed by atoms with E-state index in [9.17, 15) is 9.18 Å². The summed E-state index contributed by atoms with van der Waals surface area (Å²) >= 11 is 0. The lowest BCUT2D eigenvalue weighted by Crippen LogP contribution is -2.30. The van der Waals surface area contributed by atoms with Crippen molar-refractivity contribution in [2.24, 2.45) is 5.92 Å². The van der Waals surface area contributed by atoms with Crippen LogP contribution in [0.4, 0.5) is 10.1 Å². The first-order valence-corrected chi connectivity index (χ1v) is 7.46. The van der Waals surface area contributed by atoms with E-state index in [1.165, 1.54) is 16.9 Å². The molecule has 2 aromatic rings. The third kappa shape index (κ3) is 2.29. The first-order valence-electron chi connectivity index (χ1n) is 7.46. The molecular weight excluding hydrogens is 285 g/mol. The molecule has 6 heteroatoms. The summed E-state index contributed by atoms with van der Waals surface area (Å²) in [5.74, 6) is -0.485. The molecule has 1 amide bonds. The Balaban J connectivity index is 1.48. The number of rotatable bonds is 3. The number of hydrogen-bond donors (Lipinski definition) is 1. The number of halogens is 1. The van der Waals surface area contributed by atoms with E-state index < -0.39 is 0 Å². The number of carbonyl (C=O) groups excluding carboxylic acids is 1. The fraction of sp³-hybridized carbons (Fsp3) is 0.375. The van der Waals surface area contributed by atoms with Gasteiger partial charge in [0.2, 0.25) is 5.91 Å². The number of anilines is 1. The molecule has 5 nitrogen and oxygen atoms in total. The van der Waals surface area contributed by atoms with Gasteiger partial charge in [-0.05, 0) is 31.4 Å². The molecule has 2 fully saturated rings. The molecule has 0 aliphatic carbocycles. The van der Waals surface area contributed by atoms with Gasteiger partial charge in [0.1, 0.15) is 11.5 Å². The zero-order valence-corrected chi connectivity index (χ0v) is 11.9. The fourth-order valence-electron chi connectivity index (χ4n) is 3.31. The van der Waals surface area contributed by atoms with Crippen molar-refractivity contribution < 1.29 is 13.9 Å². The highest BCUT2D eigenvalue weighted by Gasteiger charge is 2.44. The van der Waals surface area contributed by atoms with Crippen LogP contribution in [-0.4, -0.2) is 27.9 Å². The van der Waals surface area contributed by atoms with Gasteiger partial charge in [-0.25, -0.2) is 9.07 Å². The third-order valence-electron chi connectivity index (χ3n) is 4.39. The number of aromatic nitrogens is 2. The summed E-state index contributed by atoms with van der Waals surface area (Å²) in [7, 11) is 0. The van der Waals surface area contributed by atoms with E-state index in [1.54, 1.807) is 24.4 Å². The Morgan fingerprint density at radius 1 is 1.36 bits per heavy atom. The minimum atomic E-state index is -0.357. The van der Waals surface area contributed by atoms with Crippen LogP contribution in [0, 0.1) is 11.7 Å². The van der Waals surface area contributed by atoms with E-state index in [-0.39, 0.29) is 29.9 Å². The Morgan fingerprint density at radius 3 is 2.95 bits per heavy atom. The minimum Gasteiger partial charge on any atom is -0.374 e. The summed E-state index contributed by atoms with van der Waals surface area (Å²) < 4.78 is 20.9. The lowest BCUT2D eigenvalue weighted by Gasteiger charge is -2.17. The standard InChI is InChI=1S/C16H16FN3O2/c17-13-3-1-2-4-14(13)20-9-10(8-18-20)19-16(21)12-7-11-5-6-15(12)22-11/h1-4,8-9,11-12,15H,5-7H2,(H,19,21)/t11-,12+,15-/m1/s1. The molecule has 1 aromatic carbocycles. The fourth-order valence-corrected chi connectivity index (χ4v) is 3.31. The molecule has 114 valence electrons. The number of fused-ring (bicyclic) bond motifs is 2. The summed E-state index contributed by atoms with van der Waals surface area (Å²) in [5.41, 5.74) is 0.919. The third-order valence-corrected chi connectivity index (χ3v) is 4.39. The Bertz CT molecular complexity index is 715. The second-order valence-corrected chi connectivity index (χ2v) is 5.83. The van der Waals surface area contributed by atoms with Crippen molar-refractivity contribution in [2.75, 3.05) is 5.32 Å². The van der Waals surface area contributed by atoms with Crippen molar-refractivity contribution in [3.8, 4) is 5.69 Å². The lowest BCUT2D eigenvalue weighted by molar-refractivity contribution is -0.121. The van der Waals surface area contributed by atoms with E-state index in [0.717, 1.165) is 19.3 Å². The zero-order valence-electron chi connectivity index (χ0n) is 11.9. The Morgan fingerprint density at radius 2 is 2.23 bits per heavy atom. The molecule has 2 aliphatic rings.